The molecule has 0 bridgehead atoms. The topological polar surface area (TPSA) is 146 Å². The zero-order valence-electron chi connectivity index (χ0n) is 30.9. The van der Waals surface area contributed by atoms with E-state index >= 15 is 0 Å². The summed E-state index contributed by atoms with van der Waals surface area (Å²) in [5.74, 6) is -0.782. The first-order chi connectivity index (χ1) is 22.6. The monoisotopic (exact) mass is 704 g/mol. The molecule has 0 radical (unpaired) electrons. The van der Waals surface area contributed by atoms with E-state index in [1.807, 2.05) is 65.0 Å². The van der Waals surface area contributed by atoms with Crippen LogP contribution in [0, 0.1) is 11.3 Å². The Morgan fingerprint density at radius 3 is 1.96 bits per heavy atom. The number of hydrazine groups is 1. The summed E-state index contributed by atoms with van der Waals surface area (Å²) in [6.07, 6.45) is -2.08. The molecule has 49 heavy (non-hydrogen) atoms. The number of methoxy groups -OCH3 is 1. The van der Waals surface area contributed by atoms with Crippen LogP contribution in [0.1, 0.15) is 74.3 Å². The fourth-order valence-corrected chi connectivity index (χ4v) is 6.53. The molecule has 274 valence electrons. The van der Waals surface area contributed by atoms with Crippen molar-refractivity contribution in [1.29, 1.82) is 0 Å². The summed E-state index contributed by atoms with van der Waals surface area (Å²) in [5, 5.41) is 13.1. The number of aliphatic hydroxyl groups is 1. The van der Waals surface area contributed by atoms with Gasteiger partial charge in [-0.25, -0.2) is 18.2 Å². The van der Waals surface area contributed by atoms with E-state index in [2.05, 4.69) is 5.43 Å². The predicted octanol–water partition coefficient (Wildman–Crippen LogP) is 4.87. The zero-order valence-corrected chi connectivity index (χ0v) is 31.7. The Balaban J connectivity index is 2.59. The molecule has 13 heteroatoms. The maximum atomic E-state index is 14.0. The van der Waals surface area contributed by atoms with Crippen LogP contribution in [0.15, 0.2) is 59.5 Å². The van der Waals surface area contributed by atoms with E-state index in [4.69, 9.17) is 9.47 Å². The molecule has 2 rings (SSSR count). The smallest absolute Gasteiger partial charge is 0.410 e. The van der Waals surface area contributed by atoms with E-state index in [1.165, 1.54) is 37.5 Å². The molecule has 0 heterocycles. The second-order valence-corrected chi connectivity index (χ2v) is 16.9. The Labute approximate surface area is 292 Å². The molecule has 0 aliphatic heterocycles. The molecule has 2 aromatic carbocycles. The molecule has 2 aromatic rings. The van der Waals surface area contributed by atoms with Crippen molar-refractivity contribution < 1.29 is 37.4 Å². The molecule has 0 aliphatic carbocycles. The van der Waals surface area contributed by atoms with Gasteiger partial charge in [-0.05, 0) is 75.3 Å². The van der Waals surface area contributed by atoms with Crippen molar-refractivity contribution in [3.8, 4) is 5.75 Å². The average molecular weight is 705 g/mol. The second kappa shape index (κ2) is 17.3. The molecule has 0 unspecified atom stereocenters. The molecule has 0 fully saturated rings. The van der Waals surface area contributed by atoms with E-state index in [1.54, 1.807) is 32.9 Å². The average Bonchev–Trinajstić information content (AvgIpc) is 3.00. The summed E-state index contributed by atoms with van der Waals surface area (Å²) in [6.45, 7) is 15.7. The van der Waals surface area contributed by atoms with Gasteiger partial charge in [-0.3, -0.25) is 19.9 Å². The Hall–Kier alpha value is -3.68. The van der Waals surface area contributed by atoms with E-state index in [9.17, 15) is 27.9 Å². The van der Waals surface area contributed by atoms with Gasteiger partial charge in [0.2, 0.25) is 15.9 Å². The minimum atomic E-state index is -4.10. The summed E-state index contributed by atoms with van der Waals surface area (Å²) >= 11 is 0. The van der Waals surface area contributed by atoms with Gasteiger partial charge in [0.15, 0.2) is 0 Å². The molecule has 0 saturated heterocycles. The van der Waals surface area contributed by atoms with Gasteiger partial charge in [0, 0.05) is 26.6 Å². The molecule has 2 N–H and O–H groups in total. The third kappa shape index (κ3) is 12.9. The largest absolute Gasteiger partial charge is 0.497 e. The second-order valence-electron chi connectivity index (χ2n) is 15.0. The van der Waals surface area contributed by atoms with Crippen molar-refractivity contribution >= 4 is 27.9 Å². The number of rotatable bonds is 14. The maximum absolute atomic E-state index is 14.0. The predicted molar refractivity (Wildman–Crippen MR) is 189 cm³/mol. The molecule has 3 amide bonds. The molecule has 0 aromatic heterocycles. The fourth-order valence-electron chi connectivity index (χ4n) is 4.91. The van der Waals surface area contributed by atoms with Gasteiger partial charge in [-0.15, -0.1) is 0 Å². The van der Waals surface area contributed by atoms with Crippen LogP contribution in [0.4, 0.5) is 4.79 Å². The number of aliphatic hydroxyl groups excluding tert-OH is 1. The number of benzene rings is 2. The minimum Gasteiger partial charge on any atom is -0.497 e. The van der Waals surface area contributed by atoms with Gasteiger partial charge in [-0.2, -0.15) is 4.31 Å². The quantitative estimate of drug-likeness (QED) is 0.265. The molecule has 0 spiro atoms. The van der Waals surface area contributed by atoms with Gasteiger partial charge in [0.1, 0.15) is 17.4 Å². The van der Waals surface area contributed by atoms with E-state index < -0.39 is 57.1 Å². The number of carbonyl (C=O) groups is 3. The minimum absolute atomic E-state index is 0.00142. The third-order valence-electron chi connectivity index (χ3n) is 7.54. The first kappa shape index (κ1) is 41.5. The van der Waals surface area contributed by atoms with Crippen LogP contribution in [0.5, 0.6) is 5.75 Å². The lowest BCUT2D eigenvalue weighted by Crippen LogP contribution is -2.62. The van der Waals surface area contributed by atoms with Crippen LogP contribution in [0.3, 0.4) is 0 Å². The number of hydrogen-bond donors (Lipinski definition) is 2. The summed E-state index contributed by atoms with van der Waals surface area (Å²) in [5.41, 5.74) is 2.15. The highest BCUT2D eigenvalue weighted by Gasteiger charge is 2.38. The molecular formula is C36H56N4O8S. The zero-order chi connectivity index (χ0) is 37.3. The number of nitrogens with one attached hydrogen (secondary N) is 1. The summed E-state index contributed by atoms with van der Waals surface area (Å²) < 4.78 is 39.7. The van der Waals surface area contributed by atoms with Gasteiger partial charge >= 0.3 is 6.09 Å². The molecule has 12 nitrogen and oxygen atoms in total. The number of nitrogens with zero attached hydrogens (tertiary/aromatic N) is 3. The summed E-state index contributed by atoms with van der Waals surface area (Å²) in [4.78, 5) is 41.7. The Morgan fingerprint density at radius 2 is 1.47 bits per heavy atom. The van der Waals surface area contributed by atoms with Crippen molar-refractivity contribution in [3.63, 3.8) is 0 Å². The highest BCUT2D eigenvalue weighted by atomic mass is 32.2. The SMILES string of the molecule is COc1ccc(S(=O)(=O)N(CC(C)C)C[C@@H](O)[C@H](Cc2ccccc2)N(NC(=O)[C@@H](C)N(C)C(=O)OC(C)(C)C)C(=O)CC(C)(C)C)cc1. The van der Waals surface area contributed by atoms with Crippen LogP contribution in [0.25, 0.3) is 0 Å². The number of ether oxygens (including phenoxy) is 2. The standard InChI is InChI=1S/C36H56N4O8S/c1-25(2)23-39(49(45,46)29-19-17-28(47-11)18-20-29)24-31(41)30(21-27-15-13-12-14-16-27)40(32(42)22-35(4,5)6)37-33(43)26(3)38(10)34(44)48-36(7,8)9/h12-20,25-26,30-31,41H,21-24H2,1-11H3,(H,37,43)/t26-,30+,31-/m1/s1. The third-order valence-corrected chi connectivity index (χ3v) is 9.39. The molecule has 0 aliphatic rings. The van der Waals surface area contributed by atoms with Crippen LogP contribution in [-0.2, 0) is 30.8 Å². The first-order valence-electron chi connectivity index (χ1n) is 16.5. The van der Waals surface area contributed by atoms with Crippen LogP contribution >= 0.6 is 0 Å². The van der Waals surface area contributed by atoms with Gasteiger partial charge < -0.3 is 14.6 Å². The van der Waals surface area contributed by atoms with Crippen molar-refractivity contribution in [3.05, 3.63) is 60.2 Å². The number of sulfonamides is 1. The number of carbonyl (C=O) groups excluding carboxylic acids is 3. The maximum Gasteiger partial charge on any atom is 0.410 e. The normalized spacial score (nSPS) is 14.2. The lowest BCUT2D eigenvalue weighted by molar-refractivity contribution is -0.151. The summed E-state index contributed by atoms with van der Waals surface area (Å²) in [6, 6.07) is 12.9. The number of amides is 3. The van der Waals surface area contributed by atoms with Gasteiger partial charge in [-0.1, -0.05) is 65.0 Å². The first-order valence-corrected chi connectivity index (χ1v) is 17.9. The van der Waals surface area contributed by atoms with Crippen molar-refractivity contribution in [2.75, 3.05) is 27.2 Å². The van der Waals surface area contributed by atoms with Crippen LogP contribution < -0.4 is 10.2 Å². The van der Waals surface area contributed by atoms with Gasteiger partial charge in [0.25, 0.3) is 5.91 Å². The van der Waals surface area contributed by atoms with Crippen molar-refractivity contribution in [2.45, 2.75) is 104 Å². The Morgan fingerprint density at radius 1 is 0.898 bits per heavy atom. The fraction of sp³-hybridized carbons (Fsp3) is 0.583. The number of likely N-dealkylation sites (N-methyl/N-ethyl adjacent to an activating group) is 1. The van der Waals surface area contributed by atoms with Crippen molar-refractivity contribution in [2.24, 2.45) is 11.3 Å². The van der Waals surface area contributed by atoms with E-state index in [0.29, 0.717) is 5.75 Å². The van der Waals surface area contributed by atoms with Crippen LogP contribution in [-0.4, -0.2) is 96.7 Å². The Kier molecular flexibility index (Phi) is 14.7. The highest BCUT2D eigenvalue weighted by molar-refractivity contribution is 7.89. The molecular weight excluding hydrogens is 648 g/mol. The molecule has 3 atom stereocenters. The van der Waals surface area contributed by atoms with E-state index in [0.717, 1.165) is 15.5 Å². The van der Waals surface area contributed by atoms with Gasteiger partial charge in [0.05, 0.1) is 24.2 Å². The lowest BCUT2D eigenvalue weighted by atomic mass is 9.91. The van der Waals surface area contributed by atoms with Crippen molar-refractivity contribution in [1.82, 2.24) is 19.6 Å². The lowest BCUT2D eigenvalue weighted by Gasteiger charge is -2.39. The van der Waals surface area contributed by atoms with E-state index in [-0.39, 0.29) is 36.7 Å². The van der Waals surface area contributed by atoms with Crippen LogP contribution in [0.2, 0.25) is 0 Å². The summed E-state index contributed by atoms with van der Waals surface area (Å²) in [7, 11) is -1.19. The molecule has 0 saturated carbocycles. The Bertz CT molecular complexity index is 1490. The number of hydrogen-bond acceptors (Lipinski definition) is 8. The highest BCUT2D eigenvalue weighted by Crippen LogP contribution is 2.25.